The van der Waals surface area contributed by atoms with Gasteiger partial charge in [-0.3, -0.25) is 4.79 Å². The Morgan fingerprint density at radius 3 is 2.50 bits per heavy atom. The number of halogens is 2. The molecule has 1 heterocycles. The Hall–Kier alpha value is -2.04. The number of rotatable bonds is 7. The van der Waals surface area contributed by atoms with Gasteiger partial charge in [0.05, 0.1) is 21.1 Å². The van der Waals surface area contributed by atoms with E-state index in [4.69, 9.17) is 28.2 Å². The molecule has 6 heteroatoms. The second-order valence-corrected chi connectivity index (χ2v) is 7.98. The average Bonchev–Trinajstić information content (AvgIpc) is 2.98. The Labute approximate surface area is 176 Å². The molecule has 0 aliphatic carbocycles. The van der Waals surface area contributed by atoms with Crippen LogP contribution in [0.1, 0.15) is 36.7 Å². The van der Waals surface area contributed by atoms with Crippen molar-refractivity contribution in [1.82, 2.24) is 14.5 Å². The van der Waals surface area contributed by atoms with Crippen LogP contribution < -0.4 is 0 Å². The van der Waals surface area contributed by atoms with E-state index < -0.39 is 0 Å². The van der Waals surface area contributed by atoms with Gasteiger partial charge in [0.25, 0.3) is 0 Å². The van der Waals surface area contributed by atoms with Gasteiger partial charge in [0, 0.05) is 33.0 Å². The molecule has 1 amide bonds. The number of carbonyl (C=O) groups is 1. The van der Waals surface area contributed by atoms with Gasteiger partial charge in [-0.05, 0) is 31.0 Å². The maximum absolute atomic E-state index is 12.4. The molecule has 0 aliphatic rings. The van der Waals surface area contributed by atoms with Crippen molar-refractivity contribution in [2.24, 2.45) is 0 Å². The molecule has 28 heavy (non-hydrogen) atoms. The number of aromatic nitrogens is 2. The van der Waals surface area contributed by atoms with E-state index in [1.54, 1.807) is 11.0 Å². The lowest BCUT2D eigenvalue weighted by Crippen LogP contribution is -2.28. The van der Waals surface area contributed by atoms with Crippen molar-refractivity contribution in [1.29, 1.82) is 0 Å². The summed E-state index contributed by atoms with van der Waals surface area (Å²) in [6, 6.07) is 12.0. The molecule has 1 aromatic heterocycles. The van der Waals surface area contributed by atoms with E-state index in [0.717, 1.165) is 29.8 Å². The van der Waals surface area contributed by atoms with E-state index in [0.29, 0.717) is 29.4 Å². The molecule has 3 rings (SSSR count). The summed E-state index contributed by atoms with van der Waals surface area (Å²) in [5, 5.41) is 0.978. The van der Waals surface area contributed by atoms with Crippen LogP contribution in [0.4, 0.5) is 0 Å². The Morgan fingerprint density at radius 1 is 1.14 bits per heavy atom. The van der Waals surface area contributed by atoms with Gasteiger partial charge in [0.2, 0.25) is 5.91 Å². The second-order valence-electron chi connectivity index (χ2n) is 7.16. The van der Waals surface area contributed by atoms with E-state index >= 15 is 0 Å². The lowest BCUT2D eigenvalue weighted by atomic mass is 10.1. The third-order valence-corrected chi connectivity index (χ3v) is 5.61. The largest absolute Gasteiger partial charge is 0.346 e. The minimum Gasteiger partial charge on any atom is -0.346 e. The smallest absolute Gasteiger partial charge is 0.224 e. The average molecular weight is 418 g/mol. The Bertz CT molecular complexity index is 980. The maximum atomic E-state index is 12.4. The number of benzene rings is 2. The lowest BCUT2D eigenvalue weighted by Gasteiger charge is -2.17. The number of aryl methyl sites for hydroxylation is 2. The molecule has 0 bridgehead atoms. The molecule has 0 saturated heterocycles. The van der Waals surface area contributed by atoms with Crippen LogP contribution in [0.15, 0.2) is 36.4 Å². The zero-order valence-corrected chi connectivity index (χ0v) is 18.0. The van der Waals surface area contributed by atoms with Gasteiger partial charge in [-0.1, -0.05) is 60.0 Å². The SMILES string of the molecule is CCCN(C)C(=O)CCn1c(Cc2ccc(C)cc2)nc2cc(Cl)c(Cl)cc21. The summed E-state index contributed by atoms with van der Waals surface area (Å²) in [6.45, 7) is 5.46. The first kappa shape index (κ1) is 20.7. The van der Waals surface area contributed by atoms with Gasteiger partial charge in [0.15, 0.2) is 0 Å². The molecule has 3 aromatic rings. The fraction of sp³-hybridized carbons (Fsp3) is 0.364. The van der Waals surface area contributed by atoms with Gasteiger partial charge in [-0.15, -0.1) is 0 Å². The Kier molecular flexibility index (Phi) is 6.63. The highest BCUT2D eigenvalue weighted by atomic mass is 35.5. The van der Waals surface area contributed by atoms with Crippen LogP contribution in [0, 0.1) is 6.92 Å². The zero-order chi connectivity index (χ0) is 20.3. The van der Waals surface area contributed by atoms with Gasteiger partial charge in [-0.25, -0.2) is 4.98 Å². The number of nitrogens with zero attached hydrogens (tertiary/aromatic N) is 3. The topological polar surface area (TPSA) is 38.1 Å². The normalized spacial score (nSPS) is 11.2. The van der Waals surface area contributed by atoms with E-state index in [2.05, 4.69) is 42.7 Å². The van der Waals surface area contributed by atoms with Crippen molar-refractivity contribution >= 4 is 40.1 Å². The Morgan fingerprint density at radius 2 is 1.82 bits per heavy atom. The molecule has 0 saturated carbocycles. The molecular formula is C22H25Cl2N3O. The van der Waals surface area contributed by atoms with Crippen molar-refractivity contribution in [3.8, 4) is 0 Å². The van der Waals surface area contributed by atoms with Gasteiger partial charge < -0.3 is 9.47 Å². The first-order valence-corrected chi connectivity index (χ1v) is 10.3. The first-order valence-electron chi connectivity index (χ1n) is 9.52. The number of imidazole rings is 1. The van der Waals surface area contributed by atoms with Crippen molar-refractivity contribution in [2.45, 2.75) is 39.7 Å². The molecule has 0 aliphatic heterocycles. The molecule has 0 unspecified atom stereocenters. The predicted molar refractivity (Wildman–Crippen MR) is 116 cm³/mol. The number of carbonyl (C=O) groups excluding carboxylic acids is 1. The minimum absolute atomic E-state index is 0.130. The van der Waals surface area contributed by atoms with Crippen LogP contribution in [0.2, 0.25) is 10.0 Å². The summed E-state index contributed by atoms with van der Waals surface area (Å²) >= 11 is 12.4. The molecule has 0 spiro atoms. The van der Waals surface area contributed by atoms with Crippen LogP contribution >= 0.6 is 23.2 Å². The van der Waals surface area contributed by atoms with E-state index in [9.17, 15) is 4.79 Å². The molecular weight excluding hydrogens is 393 g/mol. The quantitative estimate of drug-likeness (QED) is 0.508. The van der Waals surface area contributed by atoms with Crippen LogP contribution in [-0.2, 0) is 17.8 Å². The number of fused-ring (bicyclic) bond motifs is 1. The van der Waals surface area contributed by atoms with Gasteiger partial charge in [-0.2, -0.15) is 0 Å². The number of hydrogen-bond donors (Lipinski definition) is 0. The van der Waals surface area contributed by atoms with E-state index in [1.165, 1.54) is 11.1 Å². The van der Waals surface area contributed by atoms with Crippen LogP contribution in [-0.4, -0.2) is 34.0 Å². The molecule has 0 atom stereocenters. The number of hydrogen-bond acceptors (Lipinski definition) is 2. The lowest BCUT2D eigenvalue weighted by molar-refractivity contribution is -0.130. The van der Waals surface area contributed by atoms with Crippen molar-refractivity contribution in [2.75, 3.05) is 13.6 Å². The fourth-order valence-corrected chi connectivity index (χ4v) is 3.62. The zero-order valence-electron chi connectivity index (χ0n) is 16.5. The van der Waals surface area contributed by atoms with Crippen molar-refractivity contribution < 1.29 is 4.79 Å². The second kappa shape index (κ2) is 8.97. The minimum atomic E-state index is 0.130. The highest BCUT2D eigenvalue weighted by molar-refractivity contribution is 6.42. The summed E-state index contributed by atoms with van der Waals surface area (Å²) < 4.78 is 2.09. The summed E-state index contributed by atoms with van der Waals surface area (Å²) in [7, 11) is 1.85. The van der Waals surface area contributed by atoms with Crippen molar-refractivity contribution in [3.05, 3.63) is 63.4 Å². The molecule has 0 radical (unpaired) electrons. The maximum Gasteiger partial charge on any atom is 0.224 e. The van der Waals surface area contributed by atoms with E-state index in [1.807, 2.05) is 13.1 Å². The molecule has 0 N–H and O–H groups in total. The third kappa shape index (κ3) is 4.68. The van der Waals surface area contributed by atoms with Gasteiger partial charge in [0.1, 0.15) is 5.82 Å². The summed E-state index contributed by atoms with van der Waals surface area (Å²) in [5.74, 6) is 1.04. The van der Waals surface area contributed by atoms with E-state index in [-0.39, 0.29) is 5.91 Å². The van der Waals surface area contributed by atoms with Crippen LogP contribution in [0.25, 0.3) is 11.0 Å². The monoisotopic (exact) mass is 417 g/mol. The molecule has 2 aromatic carbocycles. The summed E-state index contributed by atoms with van der Waals surface area (Å²) in [6.07, 6.45) is 2.05. The van der Waals surface area contributed by atoms with Crippen molar-refractivity contribution in [3.63, 3.8) is 0 Å². The molecule has 148 valence electrons. The standard InChI is InChI=1S/C22H25Cl2N3O/c1-4-10-26(3)22(28)9-11-27-20-14-18(24)17(23)13-19(20)25-21(27)12-16-7-5-15(2)6-8-16/h5-8,13-14H,4,9-12H2,1-3H3. The third-order valence-electron chi connectivity index (χ3n) is 4.89. The van der Waals surface area contributed by atoms with Crippen LogP contribution in [0.5, 0.6) is 0 Å². The first-order chi connectivity index (χ1) is 13.4. The van der Waals surface area contributed by atoms with Gasteiger partial charge >= 0.3 is 0 Å². The number of amides is 1. The van der Waals surface area contributed by atoms with Crippen LogP contribution in [0.3, 0.4) is 0 Å². The Balaban J connectivity index is 1.93. The summed E-state index contributed by atoms with van der Waals surface area (Å²) in [4.78, 5) is 19.0. The summed E-state index contributed by atoms with van der Waals surface area (Å²) in [5.41, 5.74) is 4.10. The molecule has 4 nitrogen and oxygen atoms in total. The fourth-order valence-electron chi connectivity index (χ4n) is 3.30. The predicted octanol–water partition coefficient (Wildman–Crippen LogP) is 5.50. The molecule has 0 fully saturated rings. The highest BCUT2D eigenvalue weighted by Crippen LogP contribution is 2.29. The highest BCUT2D eigenvalue weighted by Gasteiger charge is 2.16.